The molecule has 0 aliphatic carbocycles. The molecule has 2 rings (SSSR count). The number of nitrogens with zero attached hydrogens (tertiary/aromatic N) is 3. The molecular formula is C14H12ClN3O2. The fourth-order valence-corrected chi connectivity index (χ4v) is 1.80. The van der Waals surface area contributed by atoms with E-state index in [-0.39, 0.29) is 10.7 Å². The predicted molar refractivity (Wildman–Crippen MR) is 80.5 cm³/mol. The molecule has 0 radical (unpaired) electrons. The molecule has 0 N–H and O–H groups in total. The van der Waals surface area contributed by atoms with Crippen molar-refractivity contribution in [3.05, 3.63) is 69.2 Å². The van der Waals surface area contributed by atoms with Gasteiger partial charge in [-0.1, -0.05) is 35.9 Å². The fourth-order valence-electron chi connectivity index (χ4n) is 1.61. The zero-order chi connectivity index (χ0) is 14.5. The van der Waals surface area contributed by atoms with Crippen molar-refractivity contribution >= 4 is 29.2 Å². The van der Waals surface area contributed by atoms with Gasteiger partial charge >= 0.3 is 0 Å². The number of hydrogen-bond donors (Lipinski definition) is 0. The lowest BCUT2D eigenvalue weighted by atomic mass is 10.2. The molecule has 0 fully saturated rings. The van der Waals surface area contributed by atoms with Crippen LogP contribution in [0.3, 0.4) is 0 Å². The van der Waals surface area contributed by atoms with Crippen molar-refractivity contribution in [1.29, 1.82) is 0 Å². The molecule has 0 aliphatic heterocycles. The van der Waals surface area contributed by atoms with E-state index in [1.54, 1.807) is 24.3 Å². The van der Waals surface area contributed by atoms with E-state index in [1.165, 1.54) is 12.1 Å². The molecular weight excluding hydrogens is 278 g/mol. The fraction of sp³-hybridized carbons (Fsp3) is 0.0714. The minimum atomic E-state index is -0.513. The molecule has 0 atom stereocenters. The maximum atomic E-state index is 10.8. The predicted octanol–water partition coefficient (Wildman–Crippen LogP) is 3.72. The molecule has 2 aromatic carbocycles. The largest absolute Gasteiger partial charge is 0.288 e. The normalized spacial score (nSPS) is 10.7. The van der Waals surface area contributed by atoms with E-state index in [9.17, 15) is 10.1 Å². The van der Waals surface area contributed by atoms with Gasteiger partial charge in [0.15, 0.2) is 0 Å². The Morgan fingerprint density at radius 3 is 2.60 bits per heavy atom. The number of rotatable bonds is 4. The number of halogens is 1. The van der Waals surface area contributed by atoms with Crippen LogP contribution in [0, 0.1) is 10.1 Å². The summed E-state index contributed by atoms with van der Waals surface area (Å²) in [5.74, 6) is 0. The van der Waals surface area contributed by atoms with Crippen LogP contribution in [-0.2, 0) is 0 Å². The standard InChI is InChI=1S/C14H12ClN3O2/c1-17(12-5-3-2-4-6-12)16-10-11-7-8-13(15)14(9-11)18(19)20/h2-10H,1H3/b16-10+. The van der Waals surface area contributed by atoms with Crippen LogP contribution < -0.4 is 5.01 Å². The lowest BCUT2D eigenvalue weighted by molar-refractivity contribution is -0.384. The first-order valence-electron chi connectivity index (χ1n) is 5.84. The van der Waals surface area contributed by atoms with E-state index < -0.39 is 4.92 Å². The quantitative estimate of drug-likeness (QED) is 0.490. The lowest BCUT2D eigenvalue weighted by Crippen LogP contribution is -2.08. The Morgan fingerprint density at radius 2 is 1.95 bits per heavy atom. The Bertz CT molecular complexity index is 644. The van der Waals surface area contributed by atoms with Gasteiger partial charge in [-0.3, -0.25) is 15.1 Å². The minimum absolute atomic E-state index is 0.114. The summed E-state index contributed by atoms with van der Waals surface area (Å²) in [6.07, 6.45) is 1.55. The molecule has 0 saturated carbocycles. The number of nitro benzene ring substituents is 1. The molecule has 0 aliphatic rings. The zero-order valence-electron chi connectivity index (χ0n) is 10.7. The van der Waals surface area contributed by atoms with E-state index in [1.807, 2.05) is 30.3 Å². The van der Waals surface area contributed by atoms with Gasteiger partial charge in [-0.25, -0.2) is 0 Å². The monoisotopic (exact) mass is 289 g/mol. The molecule has 0 bridgehead atoms. The Labute approximate surface area is 121 Å². The molecule has 2 aromatic rings. The summed E-state index contributed by atoms with van der Waals surface area (Å²) in [6.45, 7) is 0. The van der Waals surface area contributed by atoms with Crippen molar-refractivity contribution in [3.63, 3.8) is 0 Å². The first-order chi connectivity index (χ1) is 9.58. The number of anilines is 1. The molecule has 0 saturated heterocycles. The summed E-state index contributed by atoms with van der Waals surface area (Å²) >= 11 is 5.75. The van der Waals surface area contributed by atoms with Crippen molar-refractivity contribution in [2.75, 3.05) is 12.1 Å². The molecule has 20 heavy (non-hydrogen) atoms. The Morgan fingerprint density at radius 1 is 1.25 bits per heavy atom. The second-order valence-electron chi connectivity index (χ2n) is 4.07. The summed E-state index contributed by atoms with van der Waals surface area (Å²) in [5.41, 5.74) is 1.41. The molecule has 0 heterocycles. The Kier molecular flexibility index (Phi) is 4.32. The molecule has 0 aromatic heterocycles. The molecule has 5 nitrogen and oxygen atoms in total. The SMILES string of the molecule is CN(/N=C/c1ccc(Cl)c([N+](=O)[O-])c1)c1ccccc1. The topological polar surface area (TPSA) is 58.7 Å². The summed E-state index contributed by atoms with van der Waals surface area (Å²) in [6, 6.07) is 14.1. The molecule has 0 unspecified atom stereocenters. The number of hydrazone groups is 1. The van der Waals surface area contributed by atoms with Gasteiger partial charge in [0.05, 0.1) is 16.8 Å². The summed E-state index contributed by atoms with van der Waals surface area (Å²) in [5, 5.41) is 16.8. The average Bonchev–Trinajstić information content (AvgIpc) is 2.46. The van der Waals surface area contributed by atoms with E-state index >= 15 is 0 Å². The highest BCUT2D eigenvalue weighted by Crippen LogP contribution is 2.24. The van der Waals surface area contributed by atoms with Crippen LogP contribution >= 0.6 is 11.6 Å². The van der Waals surface area contributed by atoms with Gasteiger partial charge in [-0.2, -0.15) is 5.10 Å². The Balaban J connectivity index is 2.20. The van der Waals surface area contributed by atoms with Gasteiger partial charge in [0.2, 0.25) is 0 Å². The van der Waals surface area contributed by atoms with Gasteiger partial charge in [0.25, 0.3) is 5.69 Å². The molecule has 0 spiro atoms. The first kappa shape index (κ1) is 14.0. The van der Waals surface area contributed by atoms with Crippen molar-refractivity contribution in [2.24, 2.45) is 5.10 Å². The lowest BCUT2D eigenvalue weighted by Gasteiger charge is -2.12. The molecule has 6 heteroatoms. The molecule has 0 amide bonds. The van der Waals surface area contributed by atoms with Crippen LogP contribution in [0.2, 0.25) is 5.02 Å². The van der Waals surface area contributed by atoms with Crippen LogP contribution in [-0.4, -0.2) is 18.2 Å². The smallest absolute Gasteiger partial charge is 0.269 e. The van der Waals surface area contributed by atoms with Crippen LogP contribution in [0.25, 0.3) is 0 Å². The van der Waals surface area contributed by atoms with E-state index in [2.05, 4.69) is 5.10 Å². The van der Waals surface area contributed by atoms with Gasteiger partial charge in [0, 0.05) is 18.7 Å². The first-order valence-corrected chi connectivity index (χ1v) is 6.22. The maximum Gasteiger partial charge on any atom is 0.288 e. The number of nitro groups is 1. The van der Waals surface area contributed by atoms with Crippen molar-refractivity contribution in [2.45, 2.75) is 0 Å². The molecule has 102 valence electrons. The third-order valence-corrected chi connectivity index (χ3v) is 3.00. The van der Waals surface area contributed by atoms with E-state index in [4.69, 9.17) is 11.6 Å². The highest BCUT2D eigenvalue weighted by atomic mass is 35.5. The van der Waals surface area contributed by atoms with Crippen LogP contribution in [0.5, 0.6) is 0 Å². The van der Waals surface area contributed by atoms with Gasteiger partial charge in [0.1, 0.15) is 5.02 Å². The average molecular weight is 290 g/mol. The third kappa shape index (κ3) is 3.33. The zero-order valence-corrected chi connectivity index (χ0v) is 11.5. The van der Waals surface area contributed by atoms with Gasteiger partial charge in [-0.15, -0.1) is 0 Å². The van der Waals surface area contributed by atoms with E-state index in [0.717, 1.165) is 5.69 Å². The summed E-state index contributed by atoms with van der Waals surface area (Å²) < 4.78 is 0. The van der Waals surface area contributed by atoms with Crippen molar-refractivity contribution in [1.82, 2.24) is 0 Å². The van der Waals surface area contributed by atoms with E-state index in [0.29, 0.717) is 5.56 Å². The second-order valence-corrected chi connectivity index (χ2v) is 4.48. The summed E-state index contributed by atoms with van der Waals surface area (Å²) in [7, 11) is 1.80. The van der Waals surface area contributed by atoms with Crippen molar-refractivity contribution in [3.8, 4) is 0 Å². The minimum Gasteiger partial charge on any atom is -0.269 e. The maximum absolute atomic E-state index is 10.8. The number of hydrogen-bond acceptors (Lipinski definition) is 4. The highest BCUT2D eigenvalue weighted by molar-refractivity contribution is 6.32. The number of benzene rings is 2. The van der Waals surface area contributed by atoms with Crippen molar-refractivity contribution < 1.29 is 4.92 Å². The summed E-state index contributed by atoms with van der Waals surface area (Å²) in [4.78, 5) is 10.3. The second kappa shape index (κ2) is 6.16. The van der Waals surface area contributed by atoms with Crippen LogP contribution in [0.1, 0.15) is 5.56 Å². The Hall–Kier alpha value is -2.40. The number of para-hydroxylation sites is 1. The third-order valence-electron chi connectivity index (χ3n) is 2.68. The van der Waals surface area contributed by atoms with Crippen LogP contribution in [0.15, 0.2) is 53.6 Å². The van der Waals surface area contributed by atoms with Gasteiger partial charge < -0.3 is 0 Å². The van der Waals surface area contributed by atoms with Gasteiger partial charge in [-0.05, 0) is 18.2 Å². The highest BCUT2D eigenvalue weighted by Gasteiger charge is 2.11. The van der Waals surface area contributed by atoms with Crippen LogP contribution in [0.4, 0.5) is 11.4 Å².